The lowest BCUT2D eigenvalue weighted by Crippen LogP contribution is -2.25. The Balaban J connectivity index is 3.81. The summed E-state index contributed by atoms with van der Waals surface area (Å²) in [5.74, 6) is 0. The highest BCUT2D eigenvalue weighted by Crippen LogP contribution is 2.24. The zero-order valence-electron chi connectivity index (χ0n) is 6.64. The highest BCUT2D eigenvalue weighted by molar-refractivity contribution is 7.25. The van der Waals surface area contributed by atoms with Gasteiger partial charge in [0.2, 0.25) is 0 Å². The molecule has 0 N–H and O–H groups in total. The van der Waals surface area contributed by atoms with Gasteiger partial charge in [0.25, 0.3) is 0 Å². The van der Waals surface area contributed by atoms with Gasteiger partial charge in [0, 0.05) is 6.92 Å². The topological polar surface area (TPSA) is 35.5 Å². The Hall–Kier alpha value is 0.0200. The summed E-state index contributed by atoms with van der Waals surface area (Å²) < 4.78 is 20.7. The first-order chi connectivity index (χ1) is 4.68. The minimum atomic E-state index is -0.885. The molecule has 0 spiro atoms. The van der Waals surface area contributed by atoms with Crippen LogP contribution in [0, 0.1) is 0 Å². The molecule has 1 unspecified atom stereocenters. The number of hydrogen-bond donors (Lipinski definition) is 0. The van der Waals surface area contributed by atoms with Gasteiger partial charge in [0.1, 0.15) is 0 Å². The van der Waals surface area contributed by atoms with E-state index in [0.29, 0.717) is 13.2 Å². The summed E-state index contributed by atoms with van der Waals surface area (Å²) in [4.78, 5) is 0. The molecule has 0 fully saturated rings. The lowest BCUT2D eigenvalue weighted by Gasteiger charge is -2.14. The second kappa shape index (κ2) is 4.78. The zero-order chi connectivity index (χ0) is 8.04. The van der Waals surface area contributed by atoms with Gasteiger partial charge in [-0.2, -0.15) is 0 Å². The third-order valence-electron chi connectivity index (χ3n) is 1.02. The molecule has 0 saturated heterocycles. The molecule has 0 bridgehead atoms. The van der Waals surface area contributed by atoms with Crippen LogP contribution in [0.25, 0.3) is 0 Å². The van der Waals surface area contributed by atoms with Crippen molar-refractivity contribution in [2.24, 2.45) is 0 Å². The van der Waals surface area contributed by atoms with Gasteiger partial charge in [-0.3, -0.25) is 0 Å². The van der Waals surface area contributed by atoms with Crippen molar-refractivity contribution < 1.29 is 14.0 Å². The molecular weight excluding hydrogens is 151 g/mol. The Morgan fingerprint density at radius 1 is 1.30 bits per heavy atom. The lowest BCUT2D eigenvalue weighted by molar-refractivity contribution is -0.156. The van der Waals surface area contributed by atoms with Crippen molar-refractivity contribution in [3.63, 3.8) is 0 Å². The van der Waals surface area contributed by atoms with E-state index in [1.807, 2.05) is 13.8 Å². The van der Waals surface area contributed by atoms with E-state index in [9.17, 15) is 4.57 Å². The predicted molar refractivity (Wildman–Crippen MR) is 40.7 cm³/mol. The van der Waals surface area contributed by atoms with Crippen molar-refractivity contribution in [3.05, 3.63) is 0 Å². The summed E-state index contributed by atoms with van der Waals surface area (Å²) in [5.41, 5.74) is -0.885. The van der Waals surface area contributed by atoms with Crippen LogP contribution in [0.1, 0.15) is 20.8 Å². The number of ether oxygens (including phenoxy) is 2. The van der Waals surface area contributed by atoms with E-state index >= 15 is 0 Å². The van der Waals surface area contributed by atoms with Crippen LogP contribution in [0.5, 0.6) is 0 Å². The fraction of sp³-hybridized carbons (Fsp3) is 1.00. The minimum Gasteiger partial charge on any atom is -0.311 e. The van der Waals surface area contributed by atoms with Crippen LogP contribution < -0.4 is 0 Å². The average Bonchev–Trinajstić information content (AvgIpc) is 1.89. The molecule has 1 atom stereocenters. The monoisotopic (exact) mass is 165 g/mol. The molecule has 0 aromatic rings. The Morgan fingerprint density at radius 3 is 1.90 bits per heavy atom. The molecule has 0 amide bonds. The largest absolute Gasteiger partial charge is 0.390 e. The van der Waals surface area contributed by atoms with E-state index < -0.39 is 14.0 Å². The predicted octanol–water partition coefficient (Wildman–Crippen LogP) is 1.76. The van der Waals surface area contributed by atoms with E-state index in [4.69, 9.17) is 9.47 Å². The van der Waals surface area contributed by atoms with Gasteiger partial charge in [0.15, 0.2) is 0 Å². The van der Waals surface area contributed by atoms with Crippen molar-refractivity contribution in [1.82, 2.24) is 0 Å². The molecular formula is C6H14O3P+. The molecule has 4 heteroatoms. The van der Waals surface area contributed by atoms with Gasteiger partial charge in [-0.25, -0.2) is 0 Å². The quantitative estimate of drug-likeness (QED) is 0.460. The summed E-state index contributed by atoms with van der Waals surface area (Å²) in [5, 5.41) is 0. The van der Waals surface area contributed by atoms with E-state index in [0.717, 1.165) is 0 Å². The first-order valence-corrected chi connectivity index (χ1v) is 4.26. The Bertz CT molecular complexity index is 99.2. The zero-order valence-corrected chi connectivity index (χ0v) is 7.64. The van der Waals surface area contributed by atoms with Gasteiger partial charge >= 0.3 is 14.0 Å². The maximum atomic E-state index is 10.5. The second-order valence-electron chi connectivity index (χ2n) is 1.91. The summed E-state index contributed by atoms with van der Waals surface area (Å²) in [7, 11) is -0.579. The van der Waals surface area contributed by atoms with E-state index in [1.165, 1.54) is 0 Å². The molecule has 3 nitrogen and oxygen atoms in total. The van der Waals surface area contributed by atoms with E-state index in [-0.39, 0.29) is 0 Å². The second-order valence-corrected chi connectivity index (χ2v) is 3.03. The third kappa shape index (κ3) is 3.25. The van der Waals surface area contributed by atoms with Crippen LogP contribution in [0.2, 0.25) is 0 Å². The number of rotatable bonds is 5. The van der Waals surface area contributed by atoms with Crippen molar-refractivity contribution in [2.75, 3.05) is 13.2 Å². The Morgan fingerprint density at radius 2 is 1.70 bits per heavy atom. The number of hydrogen-bond acceptors (Lipinski definition) is 3. The molecule has 0 radical (unpaired) electrons. The van der Waals surface area contributed by atoms with Crippen molar-refractivity contribution >= 4 is 8.46 Å². The van der Waals surface area contributed by atoms with Crippen LogP contribution >= 0.6 is 8.46 Å². The summed E-state index contributed by atoms with van der Waals surface area (Å²) in [6.07, 6.45) is 0. The summed E-state index contributed by atoms with van der Waals surface area (Å²) >= 11 is 0. The van der Waals surface area contributed by atoms with Gasteiger partial charge in [0.05, 0.1) is 13.2 Å². The van der Waals surface area contributed by atoms with E-state index in [1.54, 1.807) is 6.92 Å². The smallest absolute Gasteiger partial charge is 0.311 e. The first-order valence-electron chi connectivity index (χ1n) is 3.35. The van der Waals surface area contributed by atoms with Crippen LogP contribution in [0.15, 0.2) is 0 Å². The average molecular weight is 165 g/mol. The summed E-state index contributed by atoms with van der Waals surface area (Å²) in [6, 6.07) is 0. The third-order valence-corrected chi connectivity index (χ3v) is 1.68. The summed E-state index contributed by atoms with van der Waals surface area (Å²) in [6.45, 7) is 6.40. The molecule has 0 aromatic carbocycles. The van der Waals surface area contributed by atoms with E-state index in [2.05, 4.69) is 0 Å². The Labute approximate surface area is 62.9 Å². The maximum Gasteiger partial charge on any atom is 0.390 e. The maximum absolute atomic E-state index is 10.5. The van der Waals surface area contributed by atoms with Crippen LogP contribution in [0.3, 0.4) is 0 Å². The normalized spacial score (nSPS) is 12.3. The lowest BCUT2D eigenvalue weighted by atomic mass is 10.7. The molecule has 10 heavy (non-hydrogen) atoms. The fourth-order valence-electron chi connectivity index (χ4n) is 0.651. The van der Waals surface area contributed by atoms with Crippen molar-refractivity contribution in [1.29, 1.82) is 0 Å². The fourth-order valence-corrected chi connectivity index (χ4v) is 1.06. The van der Waals surface area contributed by atoms with Crippen LogP contribution in [-0.4, -0.2) is 18.7 Å². The first kappa shape index (κ1) is 10.0. The van der Waals surface area contributed by atoms with Gasteiger partial charge < -0.3 is 9.47 Å². The molecule has 0 rings (SSSR count). The van der Waals surface area contributed by atoms with Crippen LogP contribution in [-0.2, 0) is 14.0 Å². The molecule has 0 heterocycles. The van der Waals surface area contributed by atoms with Crippen LogP contribution in [0.4, 0.5) is 0 Å². The molecule has 0 aliphatic heterocycles. The highest BCUT2D eigenvalue weighted by Gasteiger charge is 2.34. The molecule has 0 aliphatic carbocycles. The molecule has 0 saturated carbocycles. The minimum absolute atomic E-state index is 0.520. The van der Waals surface area contributed by atoms with Crippen molar-refractivity contribution in [2.45, 2.75) is 26.3 Å². The Kier molecular flexibility index (Phi) is 4.79. The van der Waals surface area contributed by atoms with Gasteiger partial charge in [-0.05, 0) is 13.8 Å². The molecule has 60 valence electrons. The van der Waals surface area contributed by atoms with Gasteiger partial charge in [-0.15, -0.1) is 0 Å². The SMILES string of the molecule is CCOC(C)(OCC)[PH+]=O. The van der Waals surface area contributed by atoms with Gasteiger partial charge in [-0.1, -0.05) is 4.57 Å². The standard InChI is InChI=1S/C6H13O3P/c1-4-8-6(3,10-7)9-5-2/h4-5H2,1-3H3/p+1. The van der Waals surface area contributed by atoms with Crippen molar-refractivity contribution in [3.8, 4) is 0 Å². The molecule has 0 aromatic heterocycles. The molecule has 0 aliphatic rings. The highest BCUT2D eigenvalue weighted by atomic mass is 31.1.